The van der Waals surface area contributed by atoms with E-state index in [0.717, 1.165) is 15.3 Å². The van der Waals surface area contributed by atoms with Crippen molar-refractivity contribution in [2.75, 3.05) is 0 Å². The summed E-state index contributed by atoms with van der Waals surface area (Å²) in [6.07, 6.45) is 1.73. The Morgan fingerprint density at radius 3 is 2.64 bits per heavy atom. The van der Waals surface area contributed by atoms with Crippen LogP contribution in [0.2, 0.25) is 0 Å². The fourth-order valence-electron chi connectivity index (χ4n) is 2.77. The van der Waals surface area contributed by atoms with Gasteiger partial charge in [-0.2, -0.15) is 0 Å². The first-order chi connectivity index (χ1) is 13.5. The molecule has 0 aliphatic rings. The topological polar surface area (TPSA) is 83.0 Å². The first-order valence-electron chi connectivity index (χ1n) is 8.31. The number of rotatable bonds is 4. The standard InChI is InChI=1S/C21H13ClN2O3S/c22-16(11-14-7-9-18(28-14)12-4-2-1-3-5-12)19-23-17-10-13(21(26)27)6-8-15(17)20(25)24-19/h1-11H,(H,26,27)(H,23,24,25)/b16-11-. The number of fused-ring (bicyclic) bond motifs is 1. The molecule has 2 aromatic heterocycles. The SMILES string of the molecule is O=C(O)c1ccc2c(=O)[nH]c(/C(Cl)=C/c3ccc(-c4ccccc4)s3)nc2c1. The lowest BCUT2D eigenvalue weighted by atomic mass is 10.1. The Balaban J connectivity index is 1.72. The predicted octanol–water partition coefficient (Wildman–Crippen LogP) is 5.09. The summed E-state index contributed by atoms with van der Waals surface area (Å²) in [4.78, 5) is 32.4. The van der Waals surface area contributed by atoms with Crippen LogP contribution in [0.4, 0.5) is 0 Å². The van der Waals surface area contributed by atoms with Crippen molar-refractivity contribution in [3.8, 4) is 10.4 Å². The monoisotopic (exact) mass is 408 g/mol. The first kappa shape index (κ1) is 18.2. The molecular formula is C21H13ClN2O3S. The van der Waals surface area contributed by atoms with Crippen LogP contribution in [0.1, 0.15) is 21.1 Å². The highest BCUT2D eigenvalue weighted by molar-refractivity contribution is 7.16. The third kappa shape index (κ3) is 3.60. The van der Waals surface area contributed by atoms with Crippen molar-refractivity contribution in [1.29, 1.82) is 0 Å². The van der Waals surface area contributed by atoms with Gasteiger partial charge in [0.2, 0.25) is 0 Å². The summed E-state index contributed by atoms with van der Waals surface area (Å²) < 4.78 is 0. The van der Waals surface area contributed by atoms with Gasteiger partial charge in [0.1, 0.15) is 0 Å². The molecule has 0 amide bonds. The molecule has 0 fully saturated rings. The third-order valence-electron chi connectivity index (χ3n) is 4.13. The first-order valence-corrected chi connectivity index (χ1v) is 9.51. The maximum Gasteiger partial charge on any atom is 0.335 e. The number of carbonyl (C=O) groups is 1. The molecule has 2 heterocycles. The number of nitrogens with zero attached hydrogens (tertiary/aromatic N) is 1. The van der Waals surface area contributed by atoms with E-state index in [4.69, 9.17) is 16.7 Å². The van der Waals surface area contributed by atoms with Crippen molar-refractivity contribution in [2.45, 2.75) is 0 Å². The molecule has 4 aromatic rings. The molecule has 0 radical (unpaired) electrons. The highest BCUT2D eigenvalue weighted by Gasteiger charge is 2.11. The van der Waals surface area contributed by atoms with Crippen LogP contribution in [0.3, 0.4) is 0 Å². The van der Waals surface area contributed by atoms with E-state index in [2.05, 4.69) is 9.97 Å². The molecule has 0 atom stereocenters. The molecule has 0 unspecified atom stereocenters. The van der Waals surface area contributed by atoms with E-state index in [9.17, 15) is 9.59 Å². The minimum absolute atomic E-state index is 0.0578. The fourth-order valence-corrected chi connectivity index (χ4v) is 4.00. The van der Waals surface area contributed by atoms with Crippen LogP contribution in [0.15, 0.2) is 65.5 Å². The molecule has 0 saturated heterocycles. The van der Waals surface area contributed by atoms with Gasteiger partial charge in [-0.1, -0.05) is 41.9 Å². The van der Waals surface area contributed by atoms with Crippen LogP contribution < -0.4 is 5.56 Å². The molecule has 138 valence electrons. The lowest BCUT2D eigenvalue weighted by molar-refractivity contribution is 0.0697. The van der Waals surface area contributed by atoms with Crippen LogP contribution in [-0.4, -0.2) is 21.0 Å². The Morgan fingerprint density at radius 2 is 1.89 bits per heavy atom. The summed E-state index contributed by atoms with van der Waals surface area (Å²) >= 11 is 7.95. The average Bonchev–Trinajstić information content (AvgIpc) is 3.16. The van der Waals surface area contributed by atoms with Gasteiger partial charge in [-0.15, -0.1) is 11.3 Å². The largest absolute Gasteiger partial charge is 0.478 e. The van der Waals surface area contributed by atoms with E-state index in [-0.39, 0.29) is 27.5 Å². The minimum Gasteiger partial charge on any atom is -0.478 e. The maximum absolute atomic E-state index is 12.3. The van der Waals surface area contributed by atoms with Crippen LogP contribution in [0, 0.1) is 0 Å². The van der Waals surface area contributed by atoms with E-state index in [1.165, 1.54) is 18.2 Å². The Bertz CT molecular complexity index is 1280. The van der Waals surface area contributed by atoms with Crippen LogP contribution in [0.5, 0.6) is 0 Å². The third-order valence-corrected chi connectivity index (χ3v) is 5.50. The van der Waals surface area contributed by atoms with Gasteiger partial charge < -0.3 is 10.1 Å². The van der Waals surface area contributed by atoms with Crippen molar-refractivity contribution in [3.63, 3.8) is 0 Å². The molecule has 2 N–H and O–H groups in total. The minimum atomic E-state index is -1.08. The van der Waals surface area contributed by atoms with E-state index < -0.39 is 5.97 Å². The molecule has 0 bridgehead atoms. The summed E-state index contributed by atoms with van der Waals surface area (Å²) in [7, 11) is 0. The van der Waals surface area contributed by atoms with Crippen LogP contribution >= 0.6 is 22.9 Å². The highest BCUT2D eigenvalue weighted by atomic mass is 35.5. The highest BCUT2D eigenvalue weighted by Crippen LogP contribution is 2.31. The van der Waals surface area contributed by atoms with Crippen LogP contribution in [-0.2, 0) is 0 Å². The summed E-state index contributed by atoms with van der Waals surface area (Å²) in [5.41, 5.74) is 1.07. The lowest BCUT2D eigenvalue weighted by Gasteiger charge is -2.03. The molecule has 4 rings (SSSR count). The Hall–Kier alpha value is -3.22. The predicted molar refractivity (Wildman–Crippen MR) is 113 cm³/mol. The van der Waals surface area contributed by atoms with Crippen molar-refractivity contribution in [1.82, 2.24) is 9.97 Å². The zero-order valence-corrected chi connectivity index (χ0v) is 15.9. The van der Waals surface area contributed by atoms with Gasteiger partial charge in [0.05, 0.1) is 21.5 Å². The number of hydrogen-bond donors (Lipinski definition) is 2. The number of H-pyrrole nitrogens is 1. The summed E-state index contributed by atoms with van der Waals surface area (Å²) in [5, 5.41) is 9.70. The van der Waals surface area contributed by atoms with Gasteiger partial charge in [0, 0.05) is 9.75 Å². The number of hydrogen-bond acceptors (Lipinski definition) is 4. The number of carboxylic acid groups (broad SMARTS) is 1. The van der Waals surface area contributed by atoms with Crippen LogP contribution in [0.25, 0.3) is 32.5 Å². The fraction of sp³-hybridized carbons (Fsp3) is 0. The molecular weight excluding hydrogens is 396 g/mol. The van der Waals surface area contributed by atoms with Gasteiger partial charge in [0.15, 0.2) is 5.82 Å². The number of nitrogens with one attached hydrogen (secondary N) is 1. The summed E-state index contributed by atoms with van der Waals surface area (Å²) in [6, 6.07) is 18.1. The van der Waals surface area contributed by atoms with E-state index in [1.807, 2.05) is 42.5 Å². The van der Waals surface area contributed by atoms with E-state index in [1.54, 1.807) is 17.4 Å². The normalized spacial score (nSPS) is 11.7. The Kier molecular flexibility index (Phi) is 4.81. The van der Waals surface area contributed by atoms with Gasteiger partial charge in [-0.05, 0) is 42.0 Å². The smallest absolute Gasteiger partial charge is 0.335 e. The van der Waals surface area contributed by atoms with Crippen molar-refractivity contribution < 1.29 is 9.90 Å². The van der Waals surface area contributed by atoms with E-state index in [0.29, 0.717) is 5.39 Å². The number of halogens is 1. The maximum atomic E-state index is 12.3. The number of aromatic nitrogens is 2. The number of aromatic carboxylic acids is 1. The molecule has 0 saturated carbocycles. The second-order valence-electron chi connectivity index (χ2n) is 6.01. The summed E-state index contributed by atoms with van der Waals surface area (Å²) in [5.74, 6) is -0.893. The van der Waals surface area contributed by atoms with Crippen molar-refractivity contribution in [2.24, 2.45) is 0 Å². The average molecular weight is 409 g/mol. The molecule has 2 aromatic carbocycles. The Labute approximate surface area is 168 Å². The number of aromatic amines is 1. The number of carboxylic acids is 1. The molecule has 7 heteroatoms. The molecule has 0 aliphatic carbocycles. The van der Waals surface area contributed by atoms with Gasteiger partial charge in [-0.25, -0.2) is 9.78 Å². The van der Waals surface area contributed by atoms with Gasteiger partial charge in [0.25, 0.3) is 5.56 Å². The van der Waals surface area contributed by atoms with Gasteiger partial charge >= 0.3 is 5.97 Å². The van der Waals surface area contributed by atoms with Gasteiger partial charge in [-0.3, -0.25) is 4.79 Å². The van der Waals surface area contributed by atoms with E-state index >= 15 is 0 Å². The molecule has 5 nitrogen and oxygen atoms in total. The Morgan fingerprint density at radius 1 is 1.11 bits per heavy atom. The molecule has 0 spiro atoms. The van der Waals surface area contributed by atoms with Crippen molar-refractivity contribution in [3.05, 3.63) is 87.3 Å². The lowest BCUT2D eigenvalue weighted by Crippen LogP contribution is -2.11. The zero-order chi connectivity index (χ0) is 19.7. The second-order valence-corrected chi connectivity index (χ2v) is 7.53. The molecule has 0 aliphatic heterocycles. The second kappa shape index (κ2) is 7.42. The summed E-state index contributed by atoms with van der Waals surface area (Å²) in [6.45, 7) is 0. The number of benzene rings is 2. The van der Waals surface area contributed by atoms with Crippen molar-refractivity contribution >= 4 is 50.9 Å². The quantitative estimate of drug-likeness (QED) is 0.493. The molecule has 28 heavy (non-hydrogen) atoms. The number of thiophene rings is 1. The zero-order valence-electron chi connectivity index (χ0n) is 14.3.